The minimum absolute atomic E-state index is 0.776. The van der Waals surface area contributed by atoms with Gasteiger partial charge in [-0.1, -0.05) is 12.1 Å². The summed E-state index contributed by atoms with van der Waals surface area (Å²) in [5.74, 6) is 0.860. The van der Waals surface area contributed by atoms with Gasteiger partial charge in [-0.15, -0.1) is 0 Å². The fraction of sp³-hybridized carbons (Fsp3) is 0.308. The summed E-state index contributed by atoms with van der Waals surface area (Å²) in [6.07, 6.45) is 0. The van der Waals surface area contributed by atoms with E-state index in [0.29, 0.717) is 0 Å². The van der Waals surface area contributed by atoms with Crippen LogP contribution in [0.1, 0.15) is 5.69 Å². The summed E-state index contributed by atoms with van der Waals surface area (Å²) in [5.41, 5.74) is 3.24. The number of benzene rings is 1. The summed E-state index contributed by atoms with van der Waals surface area (Å²) in [6, 6.07) is 10.1. The molecule has 1 N–H and O–H groups in total. The van der Waals surface area contributed by atoms with Crippen molar-refractivity contribution in [1.82, 2.24) is 15.1 Å². The van der Waals surface area contributed by atoms with Gasteiger partial charge in [-0.05, 0) is 25.2 Å². The highest BCUT2D eigenvalue weighted by molar-refractivity contribution is 5.62. The molecular weight excluding hydrogens is 214 g/mol. The summed E-state index contributed by atoms with van der Waals surface area (Å²) in [5, 5.41) is 7.54. The van der Waals surface area contributed by atoms with Gasteiger partial charge in [-0.25, -0.2) is 0 Å². The van der Waals surface area contributed by atoms with E-state index in [4.69, 9.17) is 4.74 Å². The average molecular weight is 231 g/mol. The Balaban J connectivity index is 2.37. The Morgan fingerprint density at radius 1 is 1.35 bits per heavy atom. The molecule has 0 spiro atoms. The first-order valence-electron chi connectivity index (χ1n) is 5.56. The summed E-state index contributed by atoms with van der Waals surface area (Å²) in [6.45, 7) is 0.776. The molecule has 1 heterocycles. The van der Waals surface area contributed by atoms with Crippen LogP contribution in [-0.4, -0.2) is 23.9 Å². The maximum Gasteiger partial charge on any atom is 0.119 e. The van der Waals surface area contributed by atoms with Crippen molar-refractivity contribution in [2.75, 3.05) is 14.2 Å². The molecule has 0 aliphatic heterocycles. The van der Waals surface area contributed by atoms with Crippen LogP contribution < -0.4 is 10.1 Å². The minimum atomic E-state index is 0.776. The third-order valence-electron chi connectivity index (χ3n) is 2.65. The van der Waals surface area contributed by atoms with E-state index in [0.717, 1.165) is 29.2 Å². The highest BCUT2D eigenvalue weighted by atomic mass is 16.5. The lowest BCUT2D eigenvalue weighted by molar-refractivity contribution is 0.415. The lowest BCUT2D eigenvalue weighted by Crippen LogP contribution is -2.05. The number of ether oxygens (including phenoxy) is 1. The molecule has 2 rings (SSSR count). The van der Waals surface area contributed by atoms with Crippen LogP contribution >= 0.6 is 0 Å². The zero-order valence-electron chi connectivity index (χ0n) is 10.4. The summed E-state index contributed by atoms with van der Waals surface area (Å²) >= 11 is 0. The molecule has 0 fully saturated rings. The van der Waals surface area contributed by atoms with Crippen LogP contribution in [0.15, 0.2) is 30.3 Å². The number of aromatic nitrogens is 2. The largest absolute Gasteiger partial charge is 0.497 e. The molecular formula is C13H17N3O. The second kappa shape index (κ2) is 5.01. The van der Waals surface area contributed by atoms with E-state index in [-0.39, 0.29) is 0 Å². The van der Waals surface area contributed by atoms with Crippen molar-refractivity contribution in [1.29, 1.82) is 0 Å². The number of hydrogen-bond acceptors (Lipinski definition) is 3. The van der Waals surface area contributed by atoms with Gasteiger partial charge in [0, 0.05) is 19.2 Å². The Kier molecular flexibility index (Phi) is 3.44. The molecule has 17 heavy (non-hydrogen) atoms. The summed E-state index contributed by atoms with van der Waals surface area (Å²) in [4.78, 5) is 0. The van der Waals surface area contributed by atoms with Gasteiger partial charge in [-0.3, -0.25) is 4.68 Å². The van der Waals surface area contributed by atoms with Crippen molar-refractivity contribution in [3.8, 4) is 17.0 Å². The number of aryl methyl sites for hydroxylation is 1. The number of nitrogens with one attached hydrogen (secondary N) is 1. The van der Waals surface area contributed by atoms with Crippen molar-refractivity contribution in [3.05, 3.63) is 36.0 Å². The molecule has 1 aromatic heterocycles. The Labute approximate surface area is 101 Å². The molecule has 0 saturated heterocycles. The van der Waals surface area contributed by atoms with E-state index in [1.807, 2.05) is 37.0 Å². The topological polar surface area (TPSA) is 39.1 Å². The Hall–Kier alpha value is -1.81. The number of rotatable bonds is 4. The Morgan fingerprint density at radius 3 is 2.88 bits per heavy atom. The number of nitrogens with zero attached hydrogens (tertiary/aromatic N) is 2. The number of hydrogen-bond donors (Lipinski definition) is 1. The van der Waals surface area contributed by atoms with Crippen molar-refractivity contribution < 1.29 is 4.74 Å². The molecule has 4 heteroatoms. The quantitative estimate of drug-likeness (QED) is 0.872. The standard InChI is InChI=1S/C13H17N3O/c1-14-9-11-8-13(16(2)15-11)10-5-4-6-12(7-10)17-3/h4-8,14H,9H2,1-3H3. The maximum atomic E-state index is 5.23. The summed E-state index contributed by atoms with van der Waals surface area (Å²) < 4.78 is 7.12. The Bertz CT molecular complexity index is 505. The first-order chi connectivity index (χ1) is 8.24. The molecule has 90 valence electrons. The van der Waals surface area contributed by atoms with Crippen LogP contribution in [0.25, 0.3) is 11.3 Å². The number of methoxy groups -OCH3 is 1. The molecule has 0 saturated carbocycles. The van der Waals surface area contributed by atoms with Crippen LogP contribution in [-0.2, 0) is 13.6 Å². The molecule has 0 aliphatic rings. The van der Waals surface area contributed by atoms with Gasteiger partial charge in [0.1, 0.15) is 5.75 Å². The van der Waals surface area contributed by atoms with Gasteiger partial charge in [-0.2, -0.15) is 5.10 Å². The third-order valence-corrected chi connectivity index (χ3v) is 2.65. The maximum absolute atomic E-state index is 5.23. The first-order valence-corrected chi connectivity index (χ1v) is 5.56. The van der Waals surface area contributed by atoms with Crippen LogP contribution in [0, 0.1) is 0 Å². The van der Waals surface area contributed by atoms with Gasteiger partial charge in [0.15, 0.2) is 0 Å². The van der Waals surface area contributed by atoms with Crippen LogP contribution in [0.3, 0.4) is 0 Å². The lowest BCUT2D eigenvalue weighted by Gasteiger charge is -2.04. The second-order valence-electron chi connectivity index (χ2n) is 3.91. The molecule has 0 bridgehead atoms. The van der Waals surface area contributed by atoms with Crippen molar-refractivity contribution in [2.45, 2.75) is 6.54 Å². The molecule has 4 nitrogen and oxygen atoms in total. The van der Waals surface area contributed by atoms with Crippen molar-refractivity contribution in [2.24, 2.45) is 7.05 Å². The highest BCUT2D eigenvalue weighted by Gasteiger charge is 2.07. The van der Waals surface area contributed by atoms with E-state index in [1.54, 1.807) is 7.11 Å². The zero-order chi connectivity index (χ0) is 12.3. The fourth-order valence-corrected chi connectivity index (χ4v) is 1.85. The molecule has 0 amide bonds. The SMILES string of the molecule is CNCc1cc(-c2cccc(OC)c2)n(C)n1. The minimum Gasteiger partial charge on any atom is -0.497 e. The molecule has 0 radical (unpaired) electrons. The lowest BCUT2D eigenvalue weighted by atomic mass is 10.1. The van der Waals surface area contributed by atoms with Crippen molar-refractivity contribution >= 4 is 0 Å². The van der Waals surface area contributed by atoms with E-state index in [2.05, 4.69) is 22.5 Å². The van der Waals surface area contributed by atoms with Gasteiger partial charge in [0.2, 0.25) is 0 Å². The Morgan fingerprint density at radius 2 is 2.18 bits per heavy atom. The molecule has 0 atom stereocenters. The van der Waals surface area contributed by atoms with Gasteiger partial charge in [0.25, 0.3) is 0 Å². The van der Waals surface area contributed by atoms with E-state index in [1.165, 1.54) is 0 Å². The monoisotopic (exact) mass is 231 g/mol. The normalized spacial score (nSPS) is 10.5. The molecule has 0 aliphatic carbocycles. The van der Waals surface area contributed by atoms with Gasteiger partial charge >= 0.3 is 0 Å². The van der Waals surface area contributed by atoms with E-state index >= 15 is 0 Å². The average Bonchev–Trinajstić information content (AvgIpc) is 2.71. The third kappa shape index (κ3) is 2.47. The predicted molar refractivity (Wildman–Crippen MR) is 68.0 cm³/mol. The highest BCUT2D eigenvalue weighted by Crippen LogP contribution is 2.23. The van der Waals surface area contributed by atoms with Gasteiger partial charge in [0.05, 0.1) is 18.5 Å². The van der Waals surface area contributed by atoms with Gasteiger partial charge < -0.3 is 10.1 Å². The second-order valence-corrected chi connectivity index (χ2v) is 3.91. The van der Waals surface area contributed by atoms with E-state index in [9.17, 15) is 0 Å². The molecule has 0 unspecified atom stereocenters. The molecule has 2 aromatic rings. The predicted octanol–water partition coefficient (Wildman–Crippen LogP) is 1.82. The fourth-order valence-electron chi connectivity index (χ4n) is 1.85. The van der Waals surface area contributed by atoms with Crippen LogP contribution in [0.5, 0.6) is 5.75 Å². The van der Waals surface area contributed by atoms with Crippen molar-refractivity contribution in [3.63, 3.8) is 0 Å². The van der Waals surface area contributed by atoms with Crippen LogP contribution in [0.4, 0.5) is 0 Å². The van der Waals surface area contributed by atoms with Crippen LogP contribution in [0.2, 0.25) is 0 Å². The van der Waals surface area contributed by atoms with E-state index < -0.39 is 0 Å². The first kappa shape index (κ1) is 11.7. The molecule has 1 aromatic carbocycles. The summed E-state index contributed by atoms with van der Waals surface area (Å²) in [7, 11) is 5.54. The smallest absolute Gasteiger partial charge is 0.119 e. The zero-order valence-corrected chi connectivity index (χ0v) is 10.4.